The summed E-state index contributed by atoms with van der Waals surface area (Å²) in [6.07, 6.45) is 0. The third-order valence-corrected chi connectivity index (χ3v) is 5.52. The van der Waals surface area contributed by atoms with Crippen molar-refractivity contribution in [3.05, 3.63) is 45.1 Å². The summed E-state index contributed by atoms with van der Waals surface area (Å²) in [5.74, 6) is 0.105. The second-order valence-corrected chi connectivity index (χ2v) is 9.28. The van der Waals surface area contributed by atoms with Crippen LogP contribution in [0.3, 0.4) is 0 Å². The zero-order chi connectivity index (χ0) is 17.1. The average Bonchev–Trinajstić information content (AvgIpc) is 3.16. The fourth-order valence-electron chi connectivity index (χ4n) is 1.96. The van der Waals surface area contributed by atoms with Crippen LogP contribution >= 0.6 is 39.0 Å². The molecular weight excluding hydrogens is 410 g/mol. The zero-order valence-electron chi connectivity index (χ0n) is 12.9. The van der Waals surface area contributed by atoms with Gasteiger partial charge in [-0.25, -0.2) is 0 Å². The Morgan fingerprint density at radius 3 is 2.83 bits per heavy atom. The normalized spacial score (nSPS) is 11.0. The summed E-state index contributed by atoms with van der Waals surface area (Å²) in [6, 6.07) is 11.5. The molecule has 124 valence electrons. The fourth-order valence-corrected chi connectivity index (χ4v) is 4.14. The van der Waals surface area contributed by atoms with Gasteiger partial charge in [0.2, 0.25) is 5.89 Å². The Hall–Kier alpha value is -1.64. The molecule has 5 nitrogen and oxygen atoms in total. The van der Waals surface area contributed by atoms with E-state index in [2.05, 4.69) is 45.3 Å². The summed E-state index contributed by atoms with van der Waals surface area (Å²) in [6.45, 7) is 4.28. The Morgan fingerprint density at radius 1 is 1.29 bits per heavy atom. The number of thiophene rings is 1. The molecule has 0 radical (unpaired) electrons. The Balaban J connectivity index is 1.74. The van der Waals surface area contributed by atoms with Gasteiger partial charge in [-0.3, -0.25) is 10.1 Å². The molecule has 1 aromatic carbocycles. The van der Waals surface area contributed by atoms with Gasteiger partial charge < -0.3 is 4.42 Å². The molecule has 0 fully saturated rings. The summed E-state index contributed by atoms with van der Waals surface area (Å²) in [5.41, 5.74) is 0.826. The van der Waals surface area contributed by atoms with Gasteiger partial charge in [0.15, 0.2) is 0 Å². The number of rotatable bonds is 5. The van der Waals surface area contributed by atoms with Crippen molar-refractivity contribution < 1.29 is 9.21 Å². The van der Waals surface area contributed by atoms with E-state index in [9.17, 15) is 4.79 Å². The highest BCUT2D eigenvalue weighted by Gasteiger charge is 2.14. The first-order valence-corrected chi connectivity index (χ1v) is 9.67. The van der Waals surface area contributed by atoms with Gasteiger partial charge in [0.05, 0.1) is 8.66 Å². The van der Waals surface area contributed by atoms with Crippen molar-refractivity contribution in [2.24, 2.45) is 0 Å². The maximum atomic E-state index is 12.1. The van der Waals surface area contributed by atoms with Crippen molar-refractivity contribution in [2.75, 3.05) is 5.32 Å². The Bertz CT molecular complexity index is 860. The molecule has 2 heterocycles. The number of nitrogens with zero attached hydrogens (tertiary/aromatic N) is 2. The maximum Gasteiger partial charge on any atom is 0.322 e. The first-order chi connectivity index (χ1) is 11.5. The lowest BCUT2D eigenvalue weighted by Gasteiger charge is -2.05. The number of carbonyl (C=O) groups is 1. The lowest BCUT2D eigenvalue weighted by molar-refractivity contribution is 0.102. The van der Waals surface area contributed by atoms with Crippen molar-refractivity contribution in [1.82, 2.24) is 10.2 Å². The number of nitrogens with one attached hydrogen (secondary N) is 1. The molecule has 2 aromatic heterocycles. The van der Waals surface area contributed by atoms with Crippen LogP contribution in [-0.4, -0.2) is 21.4 Å². The third kappa shape index (κ3) is 4.25. The first-order valence-electron chi connectivity index (χ1n) is 7.18. The standard InChI is InChI=1S/C16H14BrN3O2S2/c1-9(2)23-11-5-3-4-10(8-11)15-19-20-16(22-15)18-14(21)12-6-7-13(17)24-12/h3-9H,1-2H3,(H,18,20,21). The molecule has 3 aromatic rings. The van der Waals surface area contributed by atoms with Crippen molar-refractivity contribution in [3.63, 3.8) is 0 Å². The van der Waals surface area contributed by atoms with Crippen LogP contribution in [0.2, 0.25) is 0 Å². The quantitative estimate of drug-likeness (QED) is 0.562. The molecule has 8 heteroatoms. The Morgan fingerprint density at radius 2 is 2.12 bits per heavy atom. The van der Waals surface area contributed by atoms with Gasteiger partial charge in [-0.1, -0.05) is 25.0 Å². The minimum absolute atomic E-state index is 0.0847. The molecule has 0 aliphatic rings. The predicted molar refractivity (Wildman–Crippen MR) is 101 cm³/mol. The number of hydrogen-bond acceptors (Lipinski definition) is 6. The Labute approximate surface area is 156 Å². The zero-order valence-corrected chi connectivity index (χ0v) is 16.2. The molecule has 1 N–H and O–H groups in total. The molecule has 0 spiro atoms. The molecule has 24 heavy (non-hydrogen) atoms. The van der Waals surface area contributed by atoms with Gasteiger partial charge in [0.25, 0.3) is 5.91 Å². The number of anilines is 1. The SMILES string of the molecule is CC(C)Sc1cccc(-c2nnc(NC(=O)c3ccc(Br)s3)o2)c1. The smallest absolute Gasteiger partial charge is 0.322 e. The van der Waals surface area contributed by atoms with E-state index >= 15 is 0 Å². The fraction of sp³-hybridized carbons (Fsp3) is 0.188. The van der Waals surface area contributed by atoms with Gasteiger partial charge in [-0.05, 0) is 46.3 Å². The van der Waals surface area contributed by atoms with E-state index in [1.165, 1.54) is 11.3 Å². The monoisotopic (exact) mass is 423 g/mol. The molecule has 1 amide bonds. The molecule has 0 atom stereocenters. The molecule has 0 unspecified atom stereocenters. The van der Waals surface area contributed by atoms with E-state index in [1.54, 1.807) is 17.8 Å². The summed E-state index contributed by atoms with van der Waals surface area (Å²) >= 11 is 6.43. The van der Waals surface area contributed by atoms with Crippen molar-refractivity contribution in [1.29, 1.82) is 0 Å². The van der Waals surface area contributed by atoms with E-state index in [0.29, 0.717) is 16.0 Å². The van der Waals surface area contributed by atoms with Gasteiger partial charge in [-0.2, -0.15) is 0 Å². The van der Waals surface area contributed by atoms with Crippen LogP contribution < -0.4 is 5.32 Å². The lowest BCUT2D eigenvalue weighted by Crippen LogP contribution is -2.10. The largest absolute Gasteiger partial charge is 0.403 e. The van der Waals surface area contributed by atoms with Crippen molar-refractivity contribution >= 4 is 51.0 Å². The lowest BCUT2D eigenvalue weighted by atomic mass is 10.2. The summed E-state index contributed by atoms with van der Waals surface area (Å²) in [5, 5.41) is 11.0. The van der Waals surface area contributed by atoms with Gasteiger partial charge in [0.1, 0.15) is 0 Å². The van der Waals surface area contributed by atoms with E-state index in [1.807, 2.05) is 30.3 Å². The number of hydrogen-bond donors (Lipinski definition) is 1. The van der Waals surface area contributed by atoms with E-state index in [-0.39, 0.29) is 11.9 Å². The average molecular weight is 424 g/mol. The van der Waals surface area contributed by atoms with Crippen LogP contribution in [-0.2, 0) is 0 Å². The van der Waals surface area contributed by atoms with Crippen LogP contribution in [0.4, 0.5) is 6.01 Å². The van der Waals surface area contributed by atoms with E-state index in [4.69, 9.17) is 4.42 Å². The second-order valence-electron chi connectivity index (χ2n) is 5.16. The minimum atomic E-state index is -0.273. The number of carbonyl (C=O) groups excluding carboxylic acids is 1. The topological polar surface area (TPSA) is 68.0 Å². The van der Waals surface area contributed by atoms with E-state index < -0.39 is 0 Å². The van der Waals surface area contributed by atoms with E-state index in [0.717, 1.165) is 14.2 Å². The van der Waals surface area contributed by atoms with Crippen molar-refractivity contribution in [2.45, 2.75) is 24.0 Å². The van der Waals surface area contributed by atoms with Gasteiger partial charge in [0, 0.05) is 15.7 Å². The Kier molecular flexibility index (Phi) is 5.37. The molecule has 0 saturated carbocycles. The van der Waals surface area contributed by atoms with Crippen LogP contribution in [0.5, 0.6) is 0 Å². The second kappa shape index (κ2) is 7.50. The molecular formula is C16H14BrN3O2S2. The molecule has 0 aliphatic heterocycles. The van der Waals surface area contributed by atoms with Crippen LogP contribution in [0.25, 0.3) is 11.5 Å². The van der Waals surface area contributed by atoms with Crippen molar-refractivity contribution in [3.8, 4) is 11.5 Å². The number of thioether (sulfide) groups is 1. The van der Waals surface area contributed by atoms with Crippen LogP contribution in [0, 0.1) is 0 Å². The number of halogens is 1. The number of amides is 1. The highest BCUT2D eigenvalue weighted by molar-refractivity contribution is 9.11. The number of benzene rings is 1. The van der Waals surface area contributed by atoms with Gasteiger partial charge in [-0.15, -0.1) is 28.2 Å². The molecule has 0 bridgehead atoms. The summed E-state index contributed by atoms with van der Waals surface area (Å²) in [4.78, 5) is 13.8. The highest BCUT2D eigenvalue weighted by atomic mass is 79.9. The third-order valence-electron chi connectivity index (χ3n) is 2.90. The minimum Gasteiger partial charge on any atom is -0.403 e. The predicted octanol–water partition coefficient (Wildman–Crippen LogP) is 5.31. The highest BCUT2D eigenvalue weighted by Crippen LogP contribution is 2.28. The molecule has 0 aliphatic carbocycles. The summed E-state index contributed by atoms with van der Waals surface area (Å²) < 4.78 is 6.45. The van der Waals surface area contributed by atoms with Crippen LogP contribution in [0.1, 0.15) is 23.5 Å². The van der Waals surface area contributed by atoms with Crippen LogP contribution in [0.15, 0.2) is 49.5 Å². The number of aromatic nitrogens is 2. The molecule has 0 saturated heterocycles. The van der Waals surface area contributed by atoms with Gasteiger partial charge >= 0.3 is 6.01 Å². The maximum absolute atomic E-state index is 12.1. The summed E-state index contributed by atoms with van der Waals surface area (Å²) in [7, 11) is 0. The first kappa shape index (κ1) is 17.2. The molecule has 3 rings (SSSR count).